The first-order valence-corrected chi connectivity index (χ1v) is 5.16. The summed E-state index contributed by atoms with van der Waals surface area (Å²) in [7, 11) is 0. The summed E-state index contributed by atoms with van der Waals surface area (Å²) in [6.07, 6.45) is 3.07. The van der Waals surface area contributed by atoms with Crippen LogP contribution in [0.4, 0.5) is 0 Å². The largest absolute Gasteiger partial charge is 0.504 e. The lowest BCUT2D eigenvalue weighted by Gasteiger charge is -2.02. The Morgan fingerprint density at radius 2 is 1.89 bits per heavy atom. The van der Waals surface area contributed by atoms with E-state index < -0.39 is 23.2 Å². The fraction of sp³-hybridized carbons (Fsp3) is 0.154. The van der Waals surface area contributed by atoms with E-state index in [2.05, 4.69) is 6.58 Å². The number of esters is 1. The molecule has 1 aromatic rings. The SMILES string of the molecule is C=C(C)C(=O)OC/C=C/c1cc(O)c(O)c(O)c1. The highest BCUT2D eigenvalue weighted by Crippen LogP contribution is 2.35. The van der Waals surface area contributed by atoms with Crippen molar-refractivity contribution in [3.63, 3.8) is 0 Å². The van der Waals surface area contributed by atoms with E-state index in [-0.39, 0.29) is 6.61 Å². The molecule has 0 bridgehead atoms. The van der Waals surface area contributed by atoms with E-state index in [1.807, 2.05) is 0 Å². The summed E-state index contributed by atoms with van der Waals surface area (Å²) >= 11 is 0. The Balaban J connectivity index is 2.63. The van der Waals surface area contributed by atoms with Crippen molar-refractivity contribution in [3.05, 3.63) is 35.9 Å². The maximum Gasteiger partial charge on any atom is 0.333 e. The maximum atomic E-state index is 11.0. The van der Waals surface area contributed by atoms with Crippen LogP contribution in [0.15, 0.2) is 30.4 Å². The van der Waals surface area contributed by atoms with Crippen molar-refractivity contribution in [2.24, 2.45) is 0 Å². The van der Waals surface area contributed by atoms with Gasteiger partial charge in [-0.3, -0.25) is 0 Å². The highest BCUT2D eigenvalue weighted by atomic mass is 16.5. The van der Waals surface area contributed by atoms with Crippen molar-refractivity contribution in [2.75, 3.05) is 6.61 Å². The number of aromatic hydroxyl groups is 3. The summed E-state index contributed by atoms with van der Waals surface area (Å²) in [5, 5.41) is 27.6. The monoisotopic (exact) mass is 250 g/mol. The van der Waals surface area contributed by atoms with Gasteiger partial charge in [-0.25, -0.2) is 4.79 Å². The molecule has 0 aliphatic heterocycles. The second-order valence-electron chi connectivity index (χ2n) is 3.69. The molecule has 0 amide bonds. The van der Waals surface area contributed by atoms with Crippen LogP contribution in [-0.4, -0.2) is 27.9 Å². The predicted octanol–water partition coefficient (Wildman–Crippen LogP) is 1.94. The zero-order valence-electron chi connectivity index (χ0n) is 9.88. The summed E-state index contributed by atoms with van der Waals surface area (Å²) in [5.41, 5.74) is 0.775. The van der Waals surface area contributed by atoms with Crippen molar-refractivity contribution in [2.45, 2.75) is 6.92 Å². The van der Waals surface area contributed by atoms with Crippen LogP contribution in [0.25, 0.3) is 6.08 Å². The third kappa shape index (κ3) is 3.55. The van der Waals surface area contributed by atoms with E-state index in [0.717, 1.165) is 0 Å². The molecule has 5 heteroatoms. The van der Waals surface area contributed by atoms with Gasteiger partial charge in [0.1, 0.15) is 6.61 Å². The van der Waals surface area contributed by atoms with E-state index in [9.17, 15) is 15.0 Å². The van der Waals surface area contributed by atoms with Gasteiger partial charge in [-0.05, 0) is 30.7 Å². The minimum absolute atomic E-state index is 0.0497. The smallest absolute Gasteiger partial charge is 0.333 e. The molecule has 1 rings (SSSR count). The lowest BCUT2D eigenvalue weighted by Crippen LogP contribution is -2.04. The Bertz CT molecular complexity index is 479. The summed E-state index contributed by atoms with van der Waals surface area (Å²) < 4.78 is 4.81. The molecule has 0 aliphatic carbocycles. The second kappa shape index (κ2) is 5.77. The zero-order valence-corrected chi connectivity index (χ0v) is 9.88. The molecule has 3 N–H and O–H groups in total. The van der Waals surface area contributed by atoms with Crippen molar-refractivity contribution in [3.8, 4) is 17.2 Å². The maximum absolute atomic E-state index is 11.0. The quantitative estimate of drug-likeness (QED) is 0.432. The number of rotatable bonds is 4. The lowest BCUT2D eigenvalue weighted by molar-refractivity contribution is -0.137. The van der Waals surface area contributed by atoms with Gasteiger partial charge in [0.2, 0.25) is 0 Å². The second-order valence-corrected chi connectivity index (χ2v) is 3.69. The number of hydrogen-bond acceptors (Lipinski definition) is 5. The summed E-state index contributed by atoms with van der Waals surface area (Å²) in [4.78, 5) is 11.0. The van der Waals surface area contributed by atoms with Crippen LogP contribution >= 0.6 is 0 Å². The highest BCUT2D eigenvalue weighted by molar-refractivity contribution is 5.87. The molecule has 18 heavy (non-hydrogen) atoms. The van der Waals surface area contributed by atoms with Crippen molar-refractivity contribution in [1.82, 2.24) is 0 Å². The Morgan fingerprint density at radius 1 is 1.33 bits per heavy atom. The number of phenols is 3. The zero-order chi connectivity index (χ0) is 13.7. The molecule has 0 unspecified atom stereocenters. The molecule has 0 aliphatic rings. The van der Waals surface area contributed by atoms with Gasteiger partial charge in [-0.2, -0.15) is 0 Å². The van der Waals surface area contributed by atoms with Gasteiger partial charge in [-0.15, -0.1) is 0 Å². The molecule has 0 spiro atoms. The number of hydrogen-bond donors (Lipinski definition) is 3. The predicted molar refractivity (Wildman–Crippen MR) is 66.2 cm³/mol. The summed E-state index contributed by atoms with van der Waals surface area (Å²) in [5.74, 6) is -1.90. The topological polar surface area (TPSA) is 87.0 Å². The number of phenolic OH excluding ortho intramolecular Hbond substituents is 3. The molecule has 0 radical (unpaired) electrons. The molecule has 0 fully saturated rings. The fourth-order valence-electron chi connectivity index (χ4n) is 1.15. The standard InChI is InChI=1S/C13H14O5/c1-8(2)13(17)18-5-3-4-9-6-10(14)12(16)11(15)7-9/h3-4,6-7,14-16H,1,5H2,2H3/b4-3+. The number of benzene rings is 1. The van der Waals surface area contributed by atoms with E-state index >= 15 is 0 Å². The van der Waals surface area contributed by atoms with E-state index in [1.165, 1.54) is 24.3 Å². The first-order valence-electron chi connectivity index (χ1n) is 5.16. The Morgan fingerprint density at radius 3 is 2.39 bits per heavy atom. The van der Waals surface area contributed by atoms with Gasteiger partial charge >= 0.3 is 5.97 Å². The molecule has 0 aromatic heterocycles. The van der Waals surface area contributed by atoms with Crippen LogP contribution < -0.4 is 0 Å². The Labute approximate surface area is 104 Å². The third-order valence-corrected chi connectivity index (χ3v) is 2.06. The first-order chi connectivity index (χ1) is 8.41. The van der Waals surface area contributed by atoms with Gasteiger partial charge in [0, 0.05) is 5.57 Å². The summed E-state index contributed by atoms with van der Waals surface area (Å²) in [6.45, 7) is 5.03. The number of ether oxygens (including phenoxy) is 1. The number of carbonyl (C=O) groups excluding carboxylic acids is 1. The molecule has 0 saturated carbocycles. The van der Waals surface area contributed by atoms with Gasteiger partial charge < -0.3 is 20.1 Å². The number of carbonyl (C=O) groups is 1. The van der Waals surface area contributed by atoms with E-state index in [0.29, 0.717) is 11.1 Å². The Hall–Kier alpha value is -2.43. The average Bonchev–Trinajstić information content (AvgIpc) is 2.31. The minimum Gasteiger partial charge on any atom is -0.504 e. The molecule has 0 atom stereocenters. The van der Waals surface area contributed by atoms with Crippen molar-refractivity contribution in [1.29, 1.82) is 0 Å². The lowest BCUT2D eigenvalue weighted by atomic mass is 10.1. The first kappa shape index (κ1) is 13.6. The van der Waals surface area contributed by atoms with Crippen LogP contribution in [0.5, 0.6) is 17.2 Å². The van der Waals surface area contributed by atoms with Gasteiger partial charge in [0.15, 0.2) is 17.2 Å². The fourth-order valence-corrected chi connectivity index (χ4v) is 1.15. The van der Waals surface area contributed by atoms with Crippen LogP contribution in [0.1, 0.15) is 12.5 Å². The average molecular weight is 250 g/mol. The van der Waals surface area contributed by atoms with Gasteiger partial charge in [0.25, 0.3) is 0 Å². The van der Waals surface area contributed by atoms with Crippen molar-refractivity contribution < 1.29 is 24.9 Å². The molecular weight excluding hydrogens is 236 g/mol. The molecule has 0 saturated heterocycles. The highest BCUT2D eigenvalue weighted by Gasteiger charge is 2.06. The van der Waals surface area contributed by atoms with Crippen molar-refractivity contribution >= 4 is 12.0 Å². The Kier molecular flexibility index (Phi) is 4.37. The minimum atomic E-state index is -0.569. The van der Waals surface area contributed by atoms with E-state index in [4.69, 9.17) is 9.84 Å². The van der Waals surface area contributed by atoms with Crippen LogP contribution in [0.3, 0.4) is 0 Å². The third-order valence-electron chi connectivity index (χ3n) is 2.06. The summed E-state index contributed by atoms with van der Waals surface area (Å²) in [6, 6.07) is 2.54. The van der Waals surface area contributed by atoms with Gasteiger partial charge in [-0.1, -0.05) is 12.7 Å². The van der Waals surface area contributed by atoms with E-state index in [1.54, 1.807) is 6.92 Å². The van der Waals surface area contributed by atoms with Crippen LogP contribution in [0.2, 0.25) is 0 Å². The normalized spacial score (nSPS) is 10.5. The molecule has 5 nitrogen and oxygen atoms in total. The molecule has 1 aromatic carbocycles. The van der Waals surface area contributed by atoms with Crippen LogP contribution in [-0.2, 0) is 9.53 Å². The van der Waals surface area contributed by atoms with Crippen LogP contribution in [0, 0.1) is 0 Å². The van der Waals surface area contributed by atoms with Gasteiger partial charge in [0.05, 0.1) is 0 Å². The molecular formula is C13H14O5. The molecule has 96 valence electrons. The molecule has 0 heterocycles.